The molecule has 0 spiro atoms. The molecule has 0 aliphatic rings. The zero-order valence-electron chi connectivity index (χ0n) is 12.1. The first kappa shape index (κ1) is 17.0. The number of amides is 2. The molecule has 0 saturated heterocycles. The molecule has 1 atom stereocenters. The Bertz CT molecular complexity index is 494. The summed E-state index contributed by atoms with van der Waals surface area (Å²) >= 11 is 1.49. The number of nitriles is 1. The fourth-order valence-corrected chi connectivity index (χ4v) is 2.28. The van der Waals surface area contributed by atoms with Crippen molar-refractivity contribution in [1.29, 1.82) is 5.26 Å². The zero-order chi connectivity index (χ0) is 15.7. The molecule has 0 aliphatic heterocycles. The van der Waals surface area contributed by atoms with Crippen molar-refractivity contribution in [3.63, 3.8) is 0 Å². The highest BCUT2D eigenvalue weighted by atomic mass is 32.1. The summed E-state index contributed by atoms with van der Waals surface area (Å²) < 4.78 is 5.07. The SMILES string of the molecule is CC(C)CC(NC(=O)OCc1cccs1)C(=O)NCC#N. The average Bonchev–Trinajstić information content (AvgIpc) is 2.94. The summed E-state index contributed by atoms with van der Waals surface area (Å²) in [6.07, 6.45) is -0.160. The average molecular weight is 309 g/mol. The van der Waals surface area contributed by atoms with Crippen LogP contribution in [0, 0.1) is 17.2 Å². The first-order valence-electron chi connectivity index (χ1n) is 6.63. The van der Waals surface area contributed by atoms with Crippen LogP contribution in [0.3, 0.4) is 0 Å². The van der Waals surface area contributed by atoms with Crippen molar-refractivity contribution in [2.24, 2.45) is 5.92 Å². The molecule has 0 aliphatic carbocycles. The molecule has 2 N–H and O–H groups in total. The molecule has 7 heteroatoms. The van der Waals surface area contributed by atoms with Gasteiger partial charge in [0.05, 0.1) is 6.07 Å². The summed E-state index contributed by atoms with van der Waals surface area (Å²) in [6, 6.07) is 4.87. The van der Waals surface area contributed by atoms with E-state index in [9.17, 15) is 9.59 Å². The summed E-state index contributed by atoms with van der Waals surface area (Å²) in [5.74, 6) is -0.154. The molecule has 21 heavy (non-hydrogen) atoms. The van der Waals surface area contributed by atoms with E-state index in [0.717, 1.165) is 4.88 Å². The summed E-state index contributed by atoms with van der Waals surface area (Å²) in [5, 5.41) is 15.4. The quantitative estimate of drug-likeness (QED) is 0.754. The van der Waals surface area contributed by atoms with Crippen molar-refractivity contribution in [1.82, 2.24) is 10.6 Å². The number of carbonyl (C=O) groups excluding carboxylic acids is 2. The standard InChI is InChI=1S/C14H19N3O3S/c1-10(2)8-12(13(18)16-6-5-15)17-14(19)20-9-11-4-3-7-21-11/h3-4,7,10,12H,6,8-9H2,1-2H3,(H,16,18)(H,17,19). The van der Waals surface area contributed by atoms with Gasteiger partial charge in [0.1, 0.15) is 19.2 Å². The Labute approximate surface area is 128 Å². The van der Waals surface area contributed by atoms with Crippen molar-refractivity contribution < 1.29 is 14.3 Å². The first-order valence-corrected chi connectivity index (χ1v) is 7.51. The number of ether oxygens (including phenoxy) is 1. The number of nitrogens with one attached hydrogen (secondary N) is 2. The van der Waals surface area contributed by atoms with Crippen LogP contribution in [0.25, 0.3) is 0 Å². The van der Waals surface area contributed by atoms with Crippen molar-refractivity contribution in [2.45, 2.75) is 32.9 Å². The van der Waals surface area contributed by atoms with Gasteiger partial charge in [-0.05, 0) is 23.8 Å². The Morgan fingerprint density at radius 3 is 2.81 bits per heavy atom. The molecular weight excluding hydrogens is 290 g/mol. The van der Waals surface area contributed by atoms with Gasteiger partial charge in [0.2, 0.25) is 5.91 Å². The molecule has 1 unspecified atom stereocenters. The van der Waals surface area contributed by atoms with E-state index in [4.69, 9.17) is 10.00 Å². The third-order valence-corrected chi connectivity index (χ3v) is 3.43. The maximum atomic E-state index is 11.9. The Morgan fingerprint density at radius 1 is 1.48 bits per heavy atom. The molecule has 0 fully saturated rings. The van der Waals surface area contributed by atoms with Crippen LogP contribution in [0.4, 0.5) is 4.79 Å². The van der Waals surface area contributed by atoms with Crippen LogP contribution >= 0.6 is 11.3 Å². The van der Waals surface area contributed by atoms with Crippen LogP contribution in [0.2, 0.25) is 0 Å². The summed E-state index contributed by atoms with van der Waals surface area (Å²) in [4.78, 5) is 24.5. The molecule has 6 nitrogen and oxygen atoms in total. The van der Waals surface area contributed by atoms with E-state index in [1.165, 1.54) is 11.3 Å². The second kappa shape index (κ2) is 8.97. The molecule has 0 saturated carbocycles. The minimum atomic E-state index is -0.700. The Morgan fingerprint density at radius 2 is 2.24 bits per heavy atom. The van der Waals surface area contributed by atoms with Gasteiger partial charge in [-0.1, -0.05) is 19.9 Å². The lowest BCUT2D eigenvalue weighted by atomic mass is 10.0. The van der Waals surface area contributed by atoms with Crippen molar-refractivity contribution >= 4 is 23.3 Å². The molecule has 0 radical (unpaired) electrons. The summed E-state index contributed by atoms with van der Waals surface area (Å²) in [6.45, 7) is 3.99. The van der Waals surface area contributed by atoms with E-state index in [-0.39, 0.29) is 25.0 Å². The highest BCUT2D eigenvalue weighted by Gasteiger charge is 2.22. The lowest BCUT2D eigenvalue weighted by molar-refractivity contribution is -0.123. The van der Waals surface area contributed by atoms with Gasteiger partial charge in [0.25, 0.3) is 0 Å². The van der Waals surface area contributed by atoms with Gasteiger partial charge < -0.3 is 15.4 Å². The van der Waals surface area contributed by atoms with E-state index in [0.29, 0.717) is 6.42 Å². The first-order chi connectivity index (χ1) is 10.0. The number of thiophene rings is 1. The second-order valence-corrected chi connectivity index (χ2v) is 5.89. The molecule has 0 aromatic carbocycles. The largest absolute Gasteiger partial charge is 0.444 e. The smallest absolute Gasteiger partial charge is 0.408 e. The number of nitrogens with zero attached hydrogens (tertiary/aromatic N) is 1. The minimum absolute atomic E-state index is 0.0840. The monoisotopic (exact) mass is 309 g/mol. The Balaban J connectivity index is 2.48. The number of hydrogen-bond acceptors (Lipinski definition) is 5. The van der Waals surface area contributed by atoms with E-state index in [1.807, 2.05) is 37.4 Å². The van der Waals surface area contributed by atoms with E-state index in [1.54, 1.807) is 0 Å². The van der Waals surface area contributed by atoms with Crippen LogP contribution in [-0.2, 0) is 16.1 Å². The molecule has 2 amide bonds. The van der Waals surface area contributed by atoms with Crippen LogP contribution in [-0.4, -0.2) is 24.6 Å². The highest BCUT2D eigenvalue weighted by Crippen LogP contribution is 2.10. The molecular formula is C14H19N3O3S. The van der Waals surface area contributed by atoms with Gasteiger partial charge in [0, 0.05) is 4.88 Å². The number of alkyl carbamates (subject to hydrolysis) is 1. The van der Waals surface area contributed by atoms with Crippen LogP contribution in [0.15, 0.2) is 17.5 Å². The predicted molar refractivity (Wildman–Crippen MR) is 79.5 cm³/mol. The van der Waals surface area contributed by atoms with Gasteiger partial charge in [-0.15, -0.1) is 11.3 Å². The molecule has 1 aromatic heterocycles. The van der Waals surface area contributed by atoms with Crippen LogP contribution in [0.5, 0.6) is 0 Å². The maximum Gasteiger partial charge on any atom is 0.408 e. The molecule has 1 heterocycles. The van der Waals surface area contributed by atoms with E-state index < -0.39 is 12.1 Å². The van der Waals surface area contributed by atoms with Crippen molar-refractivity contribution in [3.05, 3.63) is 22.4 Å². The number of rotatable bonds is 7. The second-order valence-electron chi connectivity index (χ2n) is 4.86. The normalized spacial score (nSPS) is 11.5. The van der Waals surface area contributed by atoms with Crippen molar-refractivity contribution in [2.75, 3.05) is 6.54 Å². The van der Waals surface area contributed by atoms with E-state index >= 15 is 0 Å². The minimum Gasteiger partial charge on any atom is -0.444 e. The lowest BCUT2D eigenvalue weighted by Crippen LogP contribution is -2.47. The van der Waals surface area contributed by atoms with Gasteiger partial charge >= 0.3 is 6.09 Å². The number of carbonyl (C=O) groups is 2. The van der Waals surface area contributed by atoms with Gasteiger partial charge in [-0.3, -0.25) is 4.79 Å². The Kier molecular flexibility index (Phi) is 7.26. The van der Waals surface area contributed by atoms with Crippen molar-refractivity contribution in [3.8, 4) is 6.07 Å². The van der Waals surface area contributed by atoms with Crippen LogP contribution < -0.4 is 10.6 Å². The fourth-order valence-electron chi connectivity index (χ4n) is 1.67. The maximum absolute atomic E-state index is 11.9. The van der Waals surface area contributed by atoms with Gasteiger partial charge in [-0.2, -0.15) is 5.26 Å². The summed E-state index contributed by atoms with van der Waals surface area (Å²) in [7, 11) is 0. The third-order valence-electron chi connectivity index (χ3n) is 2.58. The molecule has 1 rings (SSSR count). The van der Waals surface area contributed by atoms with Gasteiger partial charge in [0.15, 0.2) is 0 Å². The zero-order valence-corrected chi connectivity index (χ0v) is 12.9. The Hall–Kier alpha value is -2.07. The van der Waals surface area contributed by atoms with Gasteiger partial charge in [-0.25, -0.2) is 4.79 Å². The third kappa shape index (κ3) is 6.77. The topological polar surface area (TPSA) is 91.2 Å². The molecule has 1 aromatic rings. The fraction of sp³-hybridized carbons (Fsp3) is 0.500. The number of hydrogen-bond donors (Lipinski definition) is 2. The van der Waals surface area contributed by atoms with E-state index in [2.05, 4.69) is 10.6 Å². The molecule has 0 bridgehead atoms. The highest BCUT2D eigenvalue weighted by molar-refractivity contribution is 7.09. The predicted octanol–water partition coefficient (Wildman–Crippen LogP) is 2.03. The van der Waals surface area contributed by atoms with Crippen LogP contribution in [0.1, 0.15) is 25.1 Å². The lowest BCUT2D eigenvalue weighted by Gasteiger charge is -2.19. The molecule has 114 valence electrons. The summed E-state index contributed by atoms with van der Waals surface area (Å²) in [5.41, 5.74) is 0.